The van der Waals surface area contributed by atoms with Crippen molar-refractivity contribution < 1.29 is 19.2 Å². The van der Waals surface area contributed by atoms with E-state index in [0.29, 0.717) is 90.2 Å². The Labute approximate surface area is 324 Å². The van der Waals surface area contributed by atoms with Crippen LogP contribution in [0.25, 0.3) is 22.1 Å². The first-order valence-electron chi connectivity index (χ1n) is 18.7. The summed E-state index contributed by atoms with van der Waals surface area (Å²) in [6, 6.07) is 12.1. The minimum Gasteiger partial charge on any atom is -0.366 e. The molecule has 56 heavy (non-hydrogen) atoms. The number of hydrogen-bond donors (Lipinski definition) is 4. The fourth-order valence-electron chi connectivity index (χ4n) is 6.93. The molecule has 294 valence electrons. The standard InChI is InChI=1S/C39H49N13O4/c1-7-51-33(36(55)45-39-42-28-21-25(34(41)53)13-15-30(28)50(39)6)27(24(3)47-51)12-9-8-10-19-52-32(20-23(2)46-52)35(54)44-38-43-29-22-26(14-16-31(29)49(38)5)37(56)48(4)18-11-17-40/h13-16,20-22H,7-12,17-19,40H2,1-6H3,(H2,41,53)(H,42,45,55)(H,43,44,54). The van der Waals surface area contributed by atoms with E-state index in [4.69, 9.17) is 11.5 Å². The zero-order chi connectivity index (χ0) is 40.3. The highest BCUT2D eigenvalue weighted by atomic mass is 16.2. The molecule has 0 spiro atoms. The SMILES string of the molecule is CCn1nc(C)c(CCCCCn2nc(C)cc2C(=O)Nc2nc3cc(C(=O)N(C)CCCN)ccc3n2C)c1C(=O)Nc1nc2cc(C(N)=O)ccc2n1C. The number of nitrogens with one attached hydrogen (secondary N) is 2. The van der Waals surface area contributed by atoms with E-state index in [9.17, 15) is 19.2 Å². The Balaban J connectivity index is 1.08. The van der Waals surface area contributed by atoms with Gasteiger partial charge in [0.05, 0.1) is 33.5 Å². The van der Waals surface area contributed by atoms with Gasteiger partial charge in [-0.2, -0.15) is 10.2 Å². The second-order valence-corrected chi connectivity index (χ2v) is 14.0. The number of imidazole rings is 2. The van der Waals surface area contributed by atoms with Gasteiger partial charge < -0.3 is 25.5 Å². The number of carbonyl (C=O) groups is 4. The largest absolute Gasteiger partial charge is 0.366 e. The van der Waals surface area contributed by atoms with E-state index in [2.05, 4.69) is 30.8 Å². The molecule has 17 nitrogen and oxygen atoms in total. The molecule has 4 heterocycles. The van der Waals surface area contributed by atoms with Crippen molar-refractivity contribution in [3.05, 3.63) is 81.9 Å². The molecule has 4 aromatic heterocycles. The minimum atomic E-state index is -0.552. The molecule has 0 bridgehead atoms. The fourth-order valence-corrected chi connectivity index (χ4v) is 6.93. The van der Waals surface area contributed by atoms with Gasteiger partial charge in [-0.25, -0.2) is 9.97 Å². The van der Waals surface area contributed by atoms with Crippen molar-refractivity contribution in [2.75, 3.05) is 30.8 Å². The molecule has 4 amide bonds. The third kappa shape index (κ3) is 8.02. The average Bonchev–Trinajstić information content (AvgIpc) is 3.90. The molecule has 6 aromatic rings. The lowest BCUT2D eigenvalue weighted by atomic mass is 10.0. The molecular weight excluding hydrogens is 715 g/mol. The number of primary amides is 1. The predicted octanol–water partition coefficient (Wildman–Crippen LogP) is 3.93. The van der Waals surface area contributed by atoms with Gasteiger partial charge in [-0.3, -0.25) is 39.2 Å². The Morgan fingerprint density at radius 1 is 0.786 bits per heavy atom. The van der Waals surface area contributed by atoms with Crippen LogP contribution < -0.4 is 22.1 Å². The summed E-state index contributed by atoms with van der Waals surface area (Å²) in [5.74, 6) is -0.635. The van der Waals surface area contributed by atoms with E-state index in [0.717, 1.165) is 41.6 Å². The van der Waals surface area contributed by atoms with E-state index in [1.54, 1.807) is 73.9 Å². The van der Waals surface area contributed by atoms with Crippen molar-refractivity contribution in [2.24, 2.45) is 25.6 Å². The van der Waals surface area contributed by atoms with Crippen LogP contribution in [0.4, 0.5) is 11.9 Å². The van der Waals surface area contributed by atoms with E-state index in [1.807, 2.05) is 33.9 Å². The molecule has 0 radical (unpaired) electrons. The van der Waals surface area contributed by atoms with E-state index in [-0.39, 0.29) is 17.7 Å². The molecule has 0 saturated heterocycles. The smallest absolute Gasteiger partial charge is 0.276 e. The number of amides is 4. The molecular formula is C39H49N13O4. The average molecular weight is 764 g/mol. The molecule has 0 atom stereocenters. The summed E-state index contributed by atoms with van der Waals surface area (Å²) < 4.78 is 6.96. The molecule has 0 aliphatic carbocycles. The van der Waals surface area contributed by atoms with Crippen LogP contribution in [0.2, 0.25) is 0 Å². The highest BCUT2D eigenvalue weighted by Gasteiger charge is 2.24. The quantitative estimate of drug-likeness (QED) is 0.105. The van der Waals surface area contributed by atoms with Gasteiger partial charge in [-0.15, -0.1) is 0 Å². The number of aryl methyl sites for hydroxylation is 6. The Kier molecular flexibility index (Phi) is 11.6. The van der Waals surface area contributed by atoms with E-state index in [1.165, 1.54) is 0 Å². The summed E-state index contributed by atoms with van der Waals surface area (Å²) in [5, 5.41) is 15.1. The van der Waals surface area contributed by atoms with E-state index < -0.39 is 5.91 Å². The third-order valence-electron chi connectivity index (χ3n) is 9.99. The van der Waals surface area contributed by atoms with Crippen molar-refractivity contribution in [3.8, 4) is 0 Å². The molecule has 6 N–H and O–H groups in total. The zero-order valence-electron chi connectivity index (χ0n) is 32.7. The molecule has 0 fully saturated rings. The number of benzene rings is 2. The molecule has 0 aliphatic rings. The topological polar surface area (TPSA) is 219 Å². The number of aromatic nitrogens is 8. The second-order valence-electron chi connectivity index (χ2n) is 14.0. The van der Waals surface area contributed by atoms with Crippen molar-refractivity contribution in [3.63, 3.8) is 0 Å². The second kappa shape index (κ2) is 16.6. The predicted molar refractivity (Wildman–Crippen MR) is 214 cm³/mol. The maximum atomic E-state index is 13.7. The number of hydrogen-bond acceptors (Lipinski definition) is 9. The van der Waals surface area contributed by atoms with Gasteiger partial charge in [0.25, 0.3) is 17.7 Å². The van der Waals surface area contributed by atoms with Gasteiger partial charge in [-0.05, 0) is 95.5 Å². The van der Waals surface area contributed by atoms with Crippen molar-refractivity contribution >= 4 is 57.6 Å². The van der Waals surface area contributed by atoms with Gasteiger partial charge >= 0.3 is 0 Å². The van der Waals surface area contributed by atoms with Crippen LogP contribution >= 0.6 is 0 Å². The Bertz CT molecular complexity index is 2450. The third-order valence-corrected chi connectivity index (χ3v) is 9.99. The molecule has 0 unspecified atom stereocenters. The van der Waals surface area contributed by atoms with Gasteiger partial charge in [0.2, 0.25) is 17.8 Å². The first-order chi connectivity index (χ1) is 26.8. The summed E-state index contributed by atoms with van der Waals surface area (Å²) >= 11 is 0. The monoisotopic (exact) mass is 763 g/mol. The number of nitrogens with zero attached hydrogens (tertiary/aromatic N) is 9. The summed E-state index contributed by atoms with van der Waals surface area (Å²) in [5.41, 5.74) is 17.8. The number of fused-ring (bicyclic) bond motifs is 2. The van der Waals surface area contributed by atoms with Crippen molar-refractivity contribution in [1.29, 1.82) is 0 Å². The zero-order valence-corrected chi connectivity index (χ0v) is 32.7. The van der Waals surface area contributed by atoms with Crippen LogP contribution in [0.15, 0.2) is 42.5 Å². The molecule has 0 saturated carbocycles. The highest BCUT2D eigenvalue weighted by Crippen LogP contribution is 2.24. The molecule has 2 aromatic carbocycles. The van der Waals surface area contributed by atoms with Crippen LogP contribution in [-0.2, 0) is 33.6 Å². The van der Waals surface area contributed by atoms with Crippen LogP contribution in [0.1, 0.15) is 91.3 Å². The van der Waals surface area contributed by atoms with Crippen LogP contribution in [0, 0.1) is 13.8 Å². The van der Waals surface area contributed by atoms with Crippen LogP contribution in [-0.4, -0.2) is 87.3 Å². The summed E-state index contributed by atoms with van der Waals surface area (Å²) in [6.07, 6.45) is 3.70. The summed E-state index contributed by atoms with van der Waals surface area (Å²) in [7, 11) is 5.35. The highest BCUT2D eigenvalue weighted by molar-refractivity contribution is 6.05. The van der Waals surface area contributed by atoms with Gasteiger partial charge in [0.15, 0.2) is 0 Å². The van der Waals surface area contributed by atoms with Gasteiger partial charge in [0.1, 0.15) is 11.4 Å². The maximum Gasteiger partial charge on any atom is 0.276 e. The number of carbonyl (C=O) groups excluding carboxylic acids is 4. The molecule has 17 heteroatoms. The molecule has 0 aliphatic heterocycles. The fraction of sp³-hybridized carbons (Fsp3) is 0.385. The summed E-state index contributed by atoms with van der Waals surface area (Å²) in [4.78, 5) is 62.7. The van der Waals surface area contributed by atoms with Crippen molar-refractivity contribution in [2.45, 2.75) is 66.0 Å². The van der Waals surface area contributed by atoms with Crippen LogP contribution in [0.3, 0.4) is 0 Å². The summed E-state index contributed by atoms with van der Waals surface area (Å²) in [6.45, 7) is 7.79. The van der Waals surface area contributed by atoms with Crippen molar-refractivity contribution in [1.82, 2.24) is 43.6 Å². The van der Waals surface area contributed by atoms with Gasteiger partial charge in [0, 0.05) is 57.5 Å². The molecule has 6 rings (SSSR count). The Morgan fingerprint density at radius 2 is 1.41 bits per heavy atom. The normalized spacial score (nSPS) is 11.4. The van der Waals surface area contributed by atoms with Crippen LogP contribution in [0.5, 0.6) is 0 Å². The Morgan fingerprint density at radius 3 is 2.04 bits per heavy atom. The maximum absolute atomic E-state index is 13.7. The van der Waals surface area contributed by atoms with Gasteiger partial charge in [-0.1, -0.05) is 6.42 Å². The van der Waals surface area contributed by atoms with E-state index >= 15 is 0 Å². The number of anilines is 2. The lowest BCUT2D eigenvalue weighted by Crippen LogP contribution is -2.28. The first kappa shape index (κ1) is 39.3. The number of unbranched alkanes of at least 4 members (excludes halogenated alkanes) is 2. The minimum absolute atomic E-state index is 0.120. The first-order valence-corrected chi connectivity index (χ1v) is 18.7. The lowest BCUT2D eigenvalue weighted by Gasteiger charge is -2.16. The Hall–Kier alpha value is -6.36. The number of rotatable bonds is 16. The number of nitrogens with two attached hydrogens (primary N) is 2. The lowest BCUT2D eigenvalue weighted by molar-refractivity contribution is 0.0793.